The summed E-state index contributed by atoms with van der Waals surface area (Å²) in [6, 6.07) is 7.81. The van der Waals surface area contributed by atoms with Crippen LogP contribution in [0, 0.1) is 5.92 Å². The summed E-state index contributed by atoms with van der Waals surface area (Å²) in [5.74, 6) is 1.17. The molecule has 3 nitrogen and oxygen atoms in total. The van der Waals surface area contributed by atoms with E-state index in [4.69, 9.17) is 9.47 Å². The molecule has 0 heterocycles. The summed E-state index contributed by atoms with van der Waals surface area (Å²) in [6.45, 7) is 1.08. The number of aliphatic hydroxyl groups excluding tert-OH is 1. The van der Waals surface area contributed by atoms with Crippen molar-refractivity contribution in [2.75, 3.05) is 20.3 Å². The number of rotatable bonds is 6. The van der Waals surface area contributed by atoms with E-state index in [9.17, 15) is 5.11 Å². The van der Waals surface area contributed by atoms with Crippen LogP contribution in [0.4, 0.5) is 0 Å². The van der Waals surface area contributed by atoms with Gasteiger partial charge < -0.3 is 14.6 Å². The van der Waals surface area contributed by atoms with E-state index < -0.39 is 6.10 Å². The summed E-state index contributed by atoms with van der Waals surface area (Å²) < 4.78 is 10.7. The van der Waals surface area contributed by atoms with E-state index >= 15 is 0 Å². The van der Waals surface area contributed by atoms with E-state index in [1.165, 1.54) is 19.3 Å². The Kier molecular flexibility index (Phi) is 5.67. The minimum atomic E-state index is -0.404. The van der Waals surface area contributed by atoms with Crippen molar-refractivity contribution in [3.63, 3.8) is 0 Å². The second-order valence-electron chi connectivity index (χ2n) is 5.22. The molecule has 1 aromatic carbocycles. The van der Waals surface area contributed by atoms with Gasteiger partial charge in [-0.05, 0) is 24.8 Å². The summed E-state index contributed by atoms with van der Waals surface area (Å²) in [7, 11) is 1.66. The largest absolute Gasteiger partial charge is 0.491 e. The van der Waals surface area contributed by atoms with E-state index in [0.717, 1.165) is 24.2 Å². The third kappa shape index (κ3) is 3.95. The molecule has 0 spiro atoms. The summed E-state index contributed by atoms with van der Waals surface area (Å²) >= 11 is 0. The highest BCUT2D eigenvalue weighted by Gasteiger charge is 2.25. The molecule has 1 aliphatic carbocycles. The highest BCUT2D eigenvalue weighted by Crippen LogP contribution is 2.37. The fourth-order valence-electron chi connectivity index (χ4n) is 2.80. The summed E-state index contributed by atoms with van der Waals surface area (Å²) in [6.07, 6.45) is 5.60. The number of para-hydroxylation sites is 1. The maximum absolute atomic E-state index is 10.6. The van der Waals surface area contributed by atoms with Crippen LogP contribution in [0.15, 0.2) is 24.3 Å². The Morgan fingerprint density at radius 2 is 1.89 bits per heavy atom. The van der Waals surface area contributed by atoms with Gasteiger partial charge in [0.15, 0.2) is 0 Å². The second-order valence-corrected chi connectivity index (χ2v) is 5.22. The molecule has 1 aliphatic rings. The van der Waals surface area contributed by atoms with Crippen molar-refractivity contribution in [3.8, 4) is 5.75 Å². The van der Waals surface area contributed by atoms with Crippen LogP contribution < -0.4 is 4.74 Å². The van der Waals surface area contributed by atoms with Crippen LogP contribution in [0.3, 0.4) is 0 Å². The van der Waals surface area contributed by atoms with Crippen molar-refractivity contribution in [1.82, 2.24) is 0 Å². The van der Waals surface area contributed by atoms with Crippen LogP contribution in [0.2, 0.25) is 0 Å². The average Bonchev–Trinajstić information content (AvgIpc) is 2.48. The molecule has 0 bridgehead atoms. The first-order chi connectivity index (χ1) is 9.33. The monoisotopic (exact) mass is 264 g/mol. The molecular weight excluding hydrogens is 240 g/mol. The van der Waals surface area contributed by atoms with E-state index in [1.54, 1.807) is 7.11 Å². The Hall–Kier alpha value is -1.06. The summed E-state index contributed by atoms with van der Waals surface area (Å²) in [5.41, 5.74) is 0.922. The topological polar surface area (TPSA) is 38.7 Å². The van der Waals surface area contributed by atoms with Crippen LogP contribution in [0.5, 0.6) is 5.75 Å². The molecular formula is C16H24O3. The highest BCUT2D eigenvalue weighted by molar-refractivity contribution is 5.35. The van der Waals surface area contributed by atoms with Crippen LogP contribution >= 0.6 is 0 Å². The van der Waals surface area contributed by atoms with Gasteiger partial charge in [-0.2, -0.15) is 0 Å². The number of ether oxygens (including phenoxy) is 2. The van der Waals surface area contributed by atoms with Gasteiger partial charge in [0.1, 0.15) is 12.4 Å². The lowest BCUT2D eigenvalue weighted by atomic mass is 9.82. The van der Waals surface area contributed by atoms with Crippen molar-refractivity contribution in [3.05, 3.63) is 29.8 Å². The minimum Gasteiger partial charge on any atom is -0.491 e. The van der Waals surface area contributed by atoms with E-state index in [2.05, 4.69) is 0 Å². The quantitative estimate of drug-likeness (QED) is 0.801. The molecule has 106 valence electrons. The fourth-order valence-corrected chi connectivity index (χ4v) is 2.80. The van der Waals surface area contributed by atoms with Crippen LogP contribution in [0.1, 0.15) is 43.8 Å². The van der Waals surface area contributed by atoms with Gasteiger partial charge in [0.25, 0.3) is 0 Å². The molecule has 0 radical (unpaired) electrons. The van der Waals surface area contributed by atoms with Crippen LogP contribution in [-0.4, -0.2) is 25.4 Å². The van der Waals surface area contributed by atoms with E-state index in [-0.39, 0.29) is 0 Å². The molecule has 2 rings (SSSR count). The van der Waals surface area contributed by atoms with Gasteiger partial charge in [0, 0.05) is 12.7 Å². The van der Waals surface area contributed by atoms with Gasteiger partial charge in [-0.25, -0.2) is 0 Å². The SMILES string of the molecule is COCCOc1ccccc1C(O)C1CCCCC1. The molecule has 19 heavy (non-hydrogen) atoms. The number of hydrogen-bond donors (Lipinski definition) is 1. The van der Waals surface area contributed by atoms with Gasteiger partial charge >= 0.3 is 0 Å². The Balaban J connectivity index is 2.04. The predicted octanol–water partition coefficient (Wildman–Crippen LogP) is 3.33. The number of methoxy groups -OCH3 is 1. The molecule has 1 atom stereocenters. The van der Waals surface area contributed by atoms with Gasteiger partial charge in [-0.3, -0.25) is 0 Å². The lowest BCUT2D eigenvalue weighted by molar-refractivity contribution is 0.0798. The normalized spacial score (nSPS) is 18.2. The molecule has 1 aromatic rings. The van der Waals surface area contributed by atoms with Crippen LogP contribution in [-0.2, 0) is 4.74 Å². The third-order valence-corrected chi connectivity index (χ3v) is 3.88. The van der Waals surface area contributed by atoms with Crippen LogP contribution in [0.25, 0.3) is 0 Å². The molecule has 0 aromatic heterocycles. The Morgan fingerprint density at radius 1 is 1.16 bits per heavy atom. The maximum atomic E-state index is 10.6. The first-order valence-corrected chi connectivity index (χ1v) is 7.21. The first kappa shape index (κ1) is 14.4. The highest BCUT2D eigenvalue weighted by atomic mass is 16.5. The van der Waals surface area contributed by atoms with Crippen molar-refractivity contribution in [2.45, 2.75) is 38.2 Å². The zero-order valence-electron chi connectivity index (χ0n) is 11.7. The molecule has 1 fully saturated rings. The molecule has 1 unspecified atom stereocenters. The van der Waals surface area contributed by atoms with Crippen molar-refractivity contribution in [1.29, 1.82) is 0 Å². The van der Waals surface area contributed by atoms with Gasteiger partial charge in [0.2, 0.25) is 0 Å². The molecule has 0 amide bonds. The molecule has 1 saturated carbocycles. The number of hydrogen-bond acceptors (Lipinski definition) is 3. The predicted molar refractivity (Wildman–Crippen MR) is 75.3 cm³/mol. The first-order valence-electron chi connectivity index (χ1n) is 7.21. The summed E-state index contributed by atoms with van der Waals surface area (Å²) in [5, 5.41) is 10.6. The lowest BCUT2D eigenvalue weighted by Gasteiger charge is -2.27. The van der Waals surface area contributed by atoms with Gasteiger partial charge in [0.05, 0.1) is 12.7 Å². The fraction of sp³-hybridized carbons (Fsp3) is 0.625. The molecule has 0 aliphatic heterocycles. The van der Waals surface area contributed by atoms with Gasteiger partial charge in [-0.1, -0.05) is 37.5 Å². The van der Waals surface area contributed by atoms with Gasteiger partial charge in [-0.15, -0.1) is 0 Å². The maximum Gasteiger partial charge on any atom is 0.125 e. The Labute approximate surface area is 115 Å². The van der Waals surface area contributed by atoms with E-state index in [1.807, 2.05) is 24.3 Å². The zero-order valence-corrected chi connectivity index (χ0v) is 11.7. The van der Waals surface area contributed by atoms with Crippen molar-refractivity contribution < 1.29 is 14.6 Å². The Morgan fingerprint density at radius 3 is 2.63 bits per heavy atom. The average molecular weight is 264 g/mol. The smallest absolute Gasteiger partial charge is 0.125 e. The zero-order chi connectivity index (χ0) is 13.5. The second kappa shape index (κ2) is 7.51. The Bertz CT molecular complexity index is 372. The number of benzene rings is 1. The minimum absolute atomic E-state index is 0.376. The summed E-state index contributed by atoms with van der Waals surface area (Å²) in [4.78, 5) is 0. The molecule has 3 heteroatoms. The van der Waals surface area contributed by atoms with E-state index in [0.29, 0.717) is 19.1 Å². The molecule has 0 saturated heterocycles. The standard InChI is InChI=1S/C16H24O3/c1-18-11-12-19-15-10-6-5-9-14(15)16(17)13-7-3-2-4-8-13/h5-6,9-10,13,16-17H,2-4,7-8,11-12H2,1H3. The third-order valence-electron chi connectivity index (χ3n) is 3.88. The van der Waals surface area contributed by atoms with Crippen molar-refractivity contribution in [2.24, 2.45) is 5.92 Å². The number of aliphatic hydroxyl groups is 1. The van der Waals surface area contributed by atoms with Crippen molar-refractivity contribution >= 4 is 0 Å². The lowest BCUT2D eigenvalue weighted by Crippen LogP contribution is -2.17. The molecule has 1 N–H and O–H groups in total.